The largest absolute Gasteiger partial charge is 0.550 e. The second-order valence-corrected chi connectivity index (χ2v) is 3.14. The maximum Gasteiger partial charge on any atom is 0.138 e. The molecule has 1 unspecified atom stereocenters. The fraction of sp³-hybridized carbons (Fsp3) is 0.600. The van der Waals surface area contributed by atoms with E-state index in [-0.39, 0.29) is 11.6 Å². The fourth-order valence-corrected chi connectivity index (χ4v) is 0.823. The summed E-state index contributed by atoms with van der Waals surface area (Å²) >= 11 is 0. The summed E-state index contributed by atoms with van der Waals surface area (Å²) in [7, 11) is 0. The van der Waals surface area contributed by atoms with Crippen molar-refractivity contribution in [3.63, 3.8) is 0 Å². The zero-order valence-corrected chi connectivity index (χ0v) is 9.44. The van der Waals surface area contributed by atoms with Crippen LogP contribution >= 0.6 is 0 Å². The summed E-state index contributed by atoms with van der Waals surface area (Å²) in [6, 6.07) is 0. The van der Waals surface area contributed by atoms with Crippen LogP contribution in [-0.4, -0.2) is 23.5 Å². The monoisotopic (exact) mass is 230 g/mol. The molecule has 0 aliphatic heterocycles. The first-order chi connectivity index (χ1) is 7.22. The topological polar surface area (TPSA) is 114 Å². The fourth-order valence-electron chi connectivity index (χ4n) is 0.823. The number of hydrogen-bond acceptors (Lipinski definition) is 6. The third-order valence-corrected chi connectivity index (χ3v) is 1.58. The Hall–Kier alpha value is -1.72. The van der Waals surface area contributed by atoms with Crippen molar-refractivity contribution in [3.05, 3.63) is 0 Å². The van der Waals surface area contributed by atoms with Gasteiger partial charge in [0.25, 0.3) is 0 Å². The Morgan fingerprint density at radius 1 is 1.06 bits per heavy atom. The number of Topliss-reactive ketones (excluding diaryl/α,β-unsaturated/α-hetero) is 2. The Balaban J connectivity index is 0. The van der Waals surface area contributed by atoms with Gasteiger partial charge >= 0.3 is 0 Å². The van der Waals surface area contributed by atoms with E-state index in [9.17, 15) is 29.4 Å². The first-order valence-corrected chi connectivity index (χ1v) is 4.62. The summed E-state index contributed by atoms with van der Waals surface area (Å²) in [6.45, 7) is 4.10. The van der Waals surface area contributed by atoms with Crippen molar-refractivity contribution in [2.24, 2.45) is 5.92 Å². The minimum Gasteiger partial charge on any atom is -0.550 e. The molecule has 0 radical (unpaired) electrons. The summed E-state index contributed by atoms with van der Waals surface area (Å²) in [5, 5.41) is 19.5. The minimum absolute atomic E-state index is 0.317. The Morgan fingerprint density at radius 2 is 1.50 bits per heavy atom. The van der Waals surface area contributed by atoms with Gasteiger partial charge in [0.1, 0.15) is 11.6 Å². The normalized spacial score (nSPS) is 10.7. The maximum absolute atomic E-state index is 10.4. The number of carboxylic acid groups (broad SMARTS) is 2. The lowest BCUT2D eigenvalue weighted by Crippen LogP contribution is -2.34. The van der Waals surface area contributed by atoms with E-state index in [1.165, 1.54) is 13.8 Å². The second kappa shape index (κ2) is 8.58. The van der Waals surface area contributed by atoms with Gasteiger partial charge in [0.2, 0.25) is 0 Å². The highest BCUT2D eigenvalue weighted by Gasteiger charge is 2.11. The highest BCUT2D eigenvalue weighted by atomic mass is 16.4. The molecule has 0 saturated carbocycles. The van der Waals surface area contributed by atoms with Gasteiger partial charge in [0.15, 0.2) is 0 Å². The van der Waals surface area contributed by atoms with Crippen LogP contribution in [0.3, 0.4) is 0 Å². The van der Waals surface area contributed by atoms with Gasteiger partial charge in [0, 0.05) is 12.4 Å². The molecule has 0 N–H and O–H groups in total. The third-order valence-electron chi connectivity index (χ3n) is 1.58. The summed E-state index contributed by atoms with van der Waals surface area (Å²) in [4.78, 5) is 39.7. The molecular formula is C10H14O6-2. The van der Waals surface area contributed by atoms with Crippen LogP contribution < -0.4 is 10.2 Å². The molecule has 0 aromatic rings. The zero-order chi connectivity index (χ0) is 13.3. The van der Waals surface area contributed by atoms with Gasteiger partial charge in [0.05, 0.1) is 11.9 Å². The molecule has 6 heteroatoms. The number of carbonyl (C=O) groups excluding carboxylic acids is 4. The van der Waals surface area contributed by atoms with Crippen LogP contribution in [0.15, 0.2) is 0 Å². The summed E-state index contributed by atoms with van der Waals surface area (Å²) in [5.74, 6) is -4.21. The van der Waals surface area contributed by atoms with E-state index >= 15 is 0 Å². The Labute approximate surface area is 93.3 Å². The van der Waals surface area contributed by atoms with Gasteiger partial charge in [-0.25, -0.2) is 0 Å². The van der Waals surface area contributed by atoms with Crippen LogP contribution in [0.4, 0.5) is 0 Å². The number of ketones is 2. The molecule has 92 valence electrons. The zero-order valence-electron chi connectivity index (χ0n) is 9.44. The van der Waals surface area contributed by atoms with Gasteiger partial charge in [-0.2, -0.15) is 0 Å². The van der Waals surface area contributed by atoms with Crippen LogP contribution in [0.25, 0.3) is 0 Å². The number of carboxylic acids is 2. The van der Waals surface area contributed by atoms with Gasteiger partial charge in [-0.15, -0.1) is 0 Å². The van der Waals surface area contributed by atoms with E-state index in [1.807, 2.05) is 0 Å². The highest BCUT2D eigenvalue weighted by Crippen LogP contribution is 2.00. The minimum atomic E-state index is -1.31. The average molecular weight is 230 g/mol. The highest BCUT2D eigenvalue weighted by molar-refractivity contribution is 5.95. The van der Waals surface area contributed by atoms with Gasteiger partial charge in [-0.05, 0) is 20.3 Å². The summed E-state index contributed by atoms with van der Waals surface area (Å²) in [6.07, 6.45) is -0.155. The van der Waals surface area contributed by atoms with Gasteiger partial charge in [-0.1, -0.05) is 6.92 Å². The van der Waals surface area contributed by atoms with Crippen LogP contribution in [0.1, 0.15) is 33.6 Å². The molecule has 0 spiro atoms. The van der Waals surface area contributed by atoms with E-state index in [4.69, 9.17) is 0 Å². The quantitative estimate of drug-likeness (QED) is 0.508. The summed E-state index contributed by atoms with van der Waals surface area (Å²) in [5.41, 5.74) is 0. The smallest absolute Gasteiger partial charge is 0.138 e. The van der Waals surface area contributed by atoms with E-state index in [0.29, 0.717) is 6.42 Å². The molecule has 0 bridgehead atoms. The van der Waals surface area contributed by atoms with Crippen LogP contribution in [0.5, 0.6) is 0 Å². The molecule has 6 nitrogen and oxygen atoms in total. The van der Waals surface area contributed by atoms with E-state index in [0.717, 1.165) is 0 Å². The van der Waals surface area contributed by atoms with Crippen molar-refractivity contribution >= 4 is 23.5 Å². The van der Waals surface area contributed by atoms with Crippen LogP contribution in [0, 0.1) is 5.92 Å². The molecule has 0 aromatic heterocycles. The predicted octanol–water partition coefficient (Wildman–Crippen LogP) is -1.93. The van der Waals surface area contributed by atoms with Crippen molar-refractivity contribution in [2.45, 2.75) is 33.6 Å². The molecule has 0 rings (SSSR count). The maximum atomic E-state index is 10.4. The van der Waals surface area contributed by atoms with E-state index in [1.54, 1.807) is 6.92 Å². The SMILES string of the molecule is CC(=O)CC(=O)[O-].CCC(C(C)=O)C(=O)[O-]. The predicted molar refractivity (Wildman–Crippen MR) is 49.8 cm³/mol. The molecule has 0 saturated heterocycles. The number of carbonyl (C=O) groups is 4. The standard InChI is InChI=1S/C6H10O3.C4H6O3/c1-3-5(4(2)7)6(8)9;1-3(5)2-4(6)7/h5H,3H2,1-2H3,(H,8,9);2H2,1H3,(H,6,7)/p-2. The molecule has 0 aromatic carbocycles. The second-order valence-electron chi connectivity index (χ2n) is 3.14. The lowest BCUT2D eigenvalue weighted by Gasteiger charge is -2.10. The number of rotatable bonds is 5. The number of hydrogen-bond donors (Lipinski definition) is 0. The summed E-state index contributed by atoms with van der Waals surface area (Å²) < 4.78 is 0. The molecular weight excluding hydrogens is 216 g/mol. The van der Waals surface area contributed by atoms with Crippen molar-refractivity contribution in [1.29, 1.82) is 0 Å². The first kappa shape index (κ1) is 16.7. The first-order valence-electron chi connectivity index (χ1n) is 4.62. The lowest BCUT2D eigenvalue weighted by atomic mass is 10.0. The average Bonchev–Trinajstić information content (AvgIpc) is 2.01. The molecule has 0 fully saturated rings. The third kappa shape index (κ3) is 10.4. The van der Waals surface area contributed by atoms with Crippen molar-refractivity contribution in [1.82, 2.24) is 0 Å². The Bertz CT molecular complexity index is 255. The molecule has 0 amide bonds. The Kier molecular flexibility index (Phi) is 8.95. The molecule has 16 heavy (non-hydrogen) atoms. The van der Waals surface area contributed by atoms with Crippen molar-refractivity contribution < 1.29 is 29.4 Å². The van der Waals surface area contributed by atoms with Crippen LogP contribution in [0.2, 0.25) is 0 Å². The Morgan fingerprint density at radius 3 is 1.50 bits per heavy atom. The van der Waals surface area contributed by atoms with E-state index in [2.05, 4.69) is 0 Å². The van der Waals surface area contributed by atoms with Gasteiger partial charge in [-0.3, -0.25) is 9.59 Å². The van der Waals surface area contributed by atoms with Crippen molar-refractivity contribution in [3.8, 4) is 0 Å². The van der Waals surface area contributed by atoms with Crippen LogP contribution in [-0.2, 0) is 19.2 Å². The van der Waals surface area contributed by atoms with Gasteiger partial charge < -0.3 is 19.8 Å². The molecule has 0 aliphatic rings. The molecule has 0 heterocycles. The lowest BCUT2D eigenvalue weighted by molar-refractivity contribution is -0.310. The van der Waals surface area contributed by atoms with Crippen molar-refractivity contribution in [2.75, 3.05) is 0 Å². The number of aliphatic carboxylic acids is 2. The molecule has 0 aliphatic carbocycles. The molecule has 1 atom stereocenters. The van der Waals surface area contributed by atoms with E-state index < -0.39 is 24.3 Å².